The minimum atomic E-state index is -0.502. The Hall–Kier alpha value is -2.24. The second kappa shape index (κ2) is 6.48. The first-order valence-corrected chi connectivity index (χ1v) is 5.37. The van der Waals surface area contributed by atoms with Crippen LogP contribution in [0.25, 0.3) is 0 Å². The molecule has 0 bridgehead atoms. The molecule has 6 nitrogen and oxygen atoms in total. The Bertz CT molecular complexity index is 446. The minimum Gasteiger partial charge on any atom is -0.493 e. The van der Waals surface area contributed by atoms with E-state index in [2.05, 4.69) is 5.32 Å². The lowest BCUT2D eigenvalue weighted by molar-refractivity contribution is -0.122. The number of hydrogen-bond acceptors (Lipinski definition) is 4. The van der Waals surface area contributed by atoms with Gasteiger partial charge in [-0.3, -0.25) is 9.59 Å². The maximum atomic E-state index is 11.5. The summed E-state index contributed by atoms with van der Waals surface area (Å²) in [4.78, 5) is 22.0. The summed E-state index contributed by atoms with van der Waals surface area (Å²) in [7, 11) is 3.04. The van der Waals surface area contributed by atoms with E-state index in [-0.39, 0.29) is 18.7 Å². The molecule has 0 heterocycles. The van der Waals surface area contributed by atoms with E-state index in [1.54, 1.807) is 18.2 Å². The molecule has 18 heavy (non-hydrogen) atoms. The van der Waals surface area contributed by atoms with E-state index < -0.39 is 5.91 Å². The van der Waals surface area contributed by atoms with Crippen molar-refractivity contribution in [2.45, 2.75) is 12.8 Å². The van der Waals surface area contributed by atoms with Crippen LogP contribution in [0, 0.1) is 0 Å². The molecular formula is C12H16N2O4. The predicted octanol–water partition coefficient (Wildman–Crippen LogP) is 0.908. The zero-order valence-electron chi connectivity index (χ0n) is 10.4. The lowest BCUT2D eigenvalue weighted by Crippen LogP contribution is -2.17. The van der Waals surface area contributed by atoms with E-state index in [4.69, 9.17) is 15.2 Å². The van der Waals surface area contributed by atoms with Crippen LogP contribution in [0.2, 0.25) is 0 Å². The molecule has 0 spiro atoms. The van der Waals surface area contributed by atoms with Crippen LogP contribution in [0.4, 0.5) is 5.69 Å². The molecule has 0 aromatic heterocycles. The maximum absolute atomic E-state index is 11.5. The summed E-state index contributed by atoms with van der Waals surface area (Å²) < 4.78 is 10.2. The fraction of sp³-hybridized carbons (Fsp3) is 0.333. The van der Waals surface area contributed by atoms with Gasteiger partial charge in [-0.05, 0) is 12.1 Å². The Labute approximate surface area is 105 Å². The summed E-state index contributed by atoms with van der Waals surface area (Å²) in [5.74, 6) is 0.316. The van der Waals surface area contributed by atoms with E-state index in [0.29, 0.717) is 17.2 Å². The van der Waals surface area contributed by atoms with Gasteiger partial charge in [0.15, 0.2) is 11.5 Å². The maximum Gasteiger partial charge on any atom is 0.224 e. The molecule has 0 aliphatic carbocycles. The Morgan fingerprint density at radius 3 is 2.39 bits per heavy atom. The summed E-state index contributed by atoms with van der Waals surface area (Å²) in [6, 6.07) is 5.01. The van der Waals surface area contributed by atoms with Crippen LogP contribution in [-0.2, 0) is 9.59 Å². The highest BCUT2D eigenvalue weighted by atomic mass is 16.5. The number of anilines is 1. The van der Waals surface area contributed by atoms with E-state index in [1.165, 1.54) is 14.2 Å². The van der Waals surface area contributed by atoms with Gasteiger partial charge in [-0.15, -0.1) is 0 Å². The van der Waals surface area contributed by atoms with Crippen molar-refractivity contribution in [3.63, 3.8) is 0 Å². The van der Waals surface area contributed by atoms with Crippen LogP contribution in [0.15, 0.2) is 18.2 Å². The Morgan fingerprint density at radius 2 is 1.83 bits per heavy atom. The smallest absolute Gasteiger partial charge is 0.224 e. The molecule has 3 N–H and O–H groups in total. The number of carbonyl (C=O) groups excluding carboxylic acids is 2. The zero-order chi connectivity index (χ0) is 13.5. The van der Waals surface area contributed by atoms with Crippen LogP contribution in [0.3, 0.4) is 0 Å². The molecular weight excluding hydrogens is 236 g/mol. The van der Waals surface area contributed by atoms with Gasteiger partial charge >= 0.3 is 0 Å². The number of rotatable bonds is 6. The number of nitrogens with one attached hydrogen (secondary N) is 1. The van der Waals surface area contributed by atoms with E-state index in [1.807, 2.05) is 0 Å². The van der Waals surface area contributed by atoms with Crippen molar-refractivity contribution in [2.24, 2.45) is 5.73 Å². The lowest BCUT2D eigenvalue weighted by Gasteiger charge is -2.10. The number of methoxy groups -OCH3 is 2. The highest BCUT2D eigenvalue weighted by molar-refractivity contribution is 5.93. The molecule has 0 unspecified atom stereocenters. The monoisotopic (exact) mass is 252 g/mol. The van der Waals surface area contributed by atoms with Gasteiger partial charge in [0.1, 0.15) is 0 Å². The molecule has 1 aromatic rings. The number of benzene rings is 1. The summed E-state index contributed by atoms with van der Waals surface area (Å²) in [5.41, 5.74) is 5.53. The second-order valence-electron chi connectivity index (χ2n) is 3.58. The third-order valence-electron chi connectivity index (χ3n) is 2.27. The van der Waals surface area contributed by atoms with E-state index >= 15 is 0 Å². The standard InChI is InChI=1S/C12H16N2O4/c1-17-9-4-3-8(7-10(9)18-2)14-12(16)6-5-11(13)15/h3-4,7H,5-6H2,1-2H3,(H2,13,15)(H,14,16). The summed E-state index contributed by atoms with van der Waals surface area (Å²) in [5, 5.41) is 2.64. The fourth-order valence-electron chi connectivity index (χ4n) is 1.37. The molecule has 0 saturated heterocycles. The molecule has 0 radical (unpaired) electrons. The molecule has 2 amide bonds. The number of carbonyl (C=O) groups is 2. The van der Waals surface area contributed by atoms with Gasteiger partial charge in [-0.2, -0.15) is 0 Å². The average molecular weight is 252 g/mol. The van der Waals surface area contributed by atoms with Gasteiger partial charge in [0, 0.05) is 24.6 Å². The van der Waals surface area contributed by atoms with Gasteiger partial charge in [0.25, 0.3) is 0 Å². The molecule has 1 aromatic carbocycles. The molecule has 1 rings (SSSR count). The quantitative estimate of drug-likeness (QED) is 0.787. The number of nitrogens with two attached hydrogens (primary N) is 1. The number of amides is 2. The molecule has 0 atom stereocenters. The van der Waals surface area contributed by atoms with E-state index in [0.717, 1.165) is 0 Å². The molecule has 0 saturated carbocycles. The first kappa shape index (κ1) is 13.8. The Morgan fingerprint density at radius 1 is 1.17 bits per heavy atom. The van der Waals surface area contributed by atoms with Crippen LogP contribution in [0.5, 0.6) is 11.5 Å². The highest BCUT2D eigenvalue weighted by Crippen LogP contribution is 2.29. The van der Waals surface area contributed by atoms with Crippen LogP contribution in [0.1, 0.15) is 12.8 Å². The van der Waals surface area contributed by atoms with E-state index in [9.17, 15) is 9.59 Å². The minimum absolute atomic E-state index is 0.0269. The summed E-state index contributed by atoms with van der Waals surface area (Å²) >= 11 is 0. The van der Waals surface area contributed by atoms with Crippen molar-refractivity contribution in [3.8, 4) is 11.5 Å². The molecule has 0 aliphatic rings. The Balaban J connectivity index is 2.67. The van der Waals surface area contributed by atoms with Crippen molar-refractivity contribution in [3.05, 3.63) is 18.2 Å². The molecule has 98 valence electrons. The van der Waals surface area contributed by atoms with Crippen LogP contribution < -0.4 is 20.5 Å². The third kappa shape index (κ3) is 3.97. The Kier molecular flexibility index (Phi) is 4.98. The SMILES string of the molecule is COc1ccc(NC(=O)CCC(N)=O)cc1OC. The third-order valence-corrected chi connectivity index (χ3v) is 2.27. The molecule has 0 fully saturated rings. The van der Waals surface area contributed by atoms with Crippen molar-refractivity contribution in [2.75, 3.05) is 19.5 Å². The number of primary amides is 1. The fourth-order valence-corrected chi connectivity index (χ4v) is 1.37. The van der Waals surface area contributed by atoms with Gasteiger partial charge in [0.2, 0.25) is 11.8 Å². The number of ether oxygens (including phenoxy) is 2. The average Bonchev–Trinajstić information content (AvgIpc) is 2.36. The first-order chi connectivity index (χ1) is 8.56. The first-order valence-electron chi connectivity index (χ1n) is 5.37. The van der Waals surface area contributed by atoms with Crippen molar-refractivity contribution in [1.82, 2.24) is 0 Å². The van der Waals surface area contributed by atoms with Crippen LogP contribution >= 0.6 is 0 Å². The van der Waals surface area contributed by atoms with Gasteiger partial charge in [-0.1, -0.05) is 0 Å². The van der Waals surface area contributed by atoms with Crippen molar-refractivity contribution >= 4 is 17.5 Å². The second-order valence-corrected chi connectivity index (χ2v) is 3.58. The number of hydrogen-bond donors (Lipinski definition) is 2. The molecule has 0 aliphatic heterocycles. The van der Waals surface area contributed by atoms with Crippen molar-refractivity contribution in [1.29, 1.82) is 0 Å². The zero-order valence-corrected chi connectivity index (χ0v) is 10.4. The normalized spacial score (nSPS) is 9.67. The van der Waals surface area contributed by atoms with Gasteiger partial charge < -0.3 is 20.5 Å². The highest BCUT2D eigenvalue weighted by Gasteiger charge is 2.08. The van der Waals surface area contributed by atoms with Gasteiger partial charge in [-0.25, -0.2) is 0 Å². The van der Waals surface area contributed by atoms with Crippen molar-refractivity contribution < 1.29 is 19.1 Å². The largest absolute Gasteiger partial charge is 0.493 e. The summed E-state index contributed by atoms with van der Waals surface area (Å²) in [6.45, 7) is 0. The predicted molar refractivity (Wildman–Crippen MR) is 66.6 cm³/mol. The van der Waals surface area contributed by atoms with Gasteiger partial charge in [0.05, 0.1) is 14.2 Å². The van der Waals surface area contributed by atoms with Crippen LogP contribution in [-0.4, -0.2) is 26.0 Å². The summed E-state index contributed by atoms with van der Waals surface area (Å²) in [6.07, 6.45) is 0.0861. The molecule has 6 heteroatoms. The topological polar surface area (TPSA) is 90.6 Å². The lowest BCUT2D eigenvalue weighted by atomic mass is 10.2.